The fourth-order valence-corrected chi connectivity index (χ4v) is 9.60. The average Bonchev–Trinajstić information content (AvgIpc) is 2.92. The normalized spacial score (nSPS) is 11.8. The van der Waals surface area contributed by atoms with Gasteiger partial charge in [-0.15, -0.1) is 0 Å². The molecular weight excluding hydrogens is 450 g/mol. The van der Waals surface area contributed by atoms with Crippen LogP contribution < -0.4 is 36.6 Å². The van der Waals surface area contributed by atoms with Crippen molar-refractivity contribution >= 4 is 47.7 Å². The number of para-hydroxylation sites is 1. The van der Waals surface area contributed by atoms with E-state index in [4.69, 9.17) is 4.74 Å². The Kier molecular flexibility index (Phi) is 7.16. The van der Waals surface area contributed by atoms with Gasteiger partial charge in [-0.2, -0.15) is 0 Å². The monoisotopic (exact) mass is 476 g/mol. The fourth-order valence-electron chi connectivity index (χ4n) is 4.22. The van der Waals surface area contributed by atoms with Gasteiger partial charge in [-0.1, -0.05) is 133 Å². The number of hydrogen-bond donors (Lipinski definition) is 0. The lowest BCUT2D eigenvalue weighted by Gasteiger charge is -2.28. The molecule has 166 valence electrons. The van der Waals surface area contributed by atoms with Gasteiger partial charge in [0.25, 0.3) is 0 Å². The zero-order valence-electron chi connectivity index (χ0n) is 19.1. The smallest absolute Gasteiger partial charge is 0.127 e. The summed E-state index contributed by atoms with van der Waals surface area (Å²) in [5, 5.41) is 8.07. The zero-order valence-corrected chi connectivity index (χ0v) is 20.9. The van der Waals surface area contributed by atoms with Gasteiger partial charge in [0.1, 0.15) is 5.75 Å². The Morgan fingerprint density at radius 1 is 0.382 bits per heavy atom. The number of methoxy groups -OCH3 is 1. The SMILES string of the molecule is COc1ccccc1P(c1ccccc1)c1ccccc1P(c1ccccc1)c1ccccc1. The van der Waals surface area contributed by atoms with Gasteiger partial charge in [-0.25, -0.2) is 0 Å². The number of hydrogen-bond acceptors (Lipinski definition) is 1. The highest BCUT2D eigenvalue weighted by Gasteiger charge is 2.27. The third-order valence-electron chi connectivity index (χ3n) is 5.73. The minimum Gasteiger partial charge on any atom is -0.496 e. The summed E-state index contributed by atoms with van der Waals surface area (Å²) in [7, 11) is 0.234. The second-order valence-electron chi connectivity index (χ2n) is 7.84. The number of ether oxygens (including phenoxy) is 1. The molecule has 0 bridgehead atoms. The molecule has 0 aliphatic rings. The van der Waals surface area contributed by atoms with Crippen LogP contribution in [0.1, 0.15) is 0 Å². The van der Waals surface area contributed by atoms with Crippen molar-refractivity contribution in [1.82, 2.24) is 0 Å². The first-order chi connectivity index (χ1) is 16.9. The summed E-state index contributed by atoms with van der Waals surface area (Å²) >= 11 is 0. The van der Waals surface area contributed by atoms with E-state index in [0.717, 1.165) is 5.75 Å². The average molecular weight is 476 g/mol. The number of benzene rings is 5. The largest absolute Gasteiger partial charge is 0.496 e. The zero-order chi connectivity index (χ0) is 23.2. The van der Waals surface area contributed by atoms with Crippen LogP contribution in [-0.4, -0.2) is 7.11 Å². The van der Waals surface area contributed by atoms with Gasteiger partial charge in [-0.3, -0.25) is 0 Å². The van der Waals surface area contributed by atoms with Crippen molar-refractivity contribution in [2.75, 3.05) is 7.11 Å². The Labute approximate surface area is 204 Å². The highest BCUT2D eigenvalue weighted by molar-refractivity contribution is 7.85. The van der Waals surface area contributed by atoms with E-state index in [-0.39, 0.29) is 0 Å². The Bertz CT molecular complexity index is 1300. The first-order valence-corrected chi connectivity index (χ1v) is 14.0. The molecule has 0 amide bonds. The van der Waals surface area contributed by atoms with E-state index in [1.807, 2.05) is 6.07 Å². The first kappa shape index (κ1) is 22.5. The van der Waals surface area contributed by atoms with E-state index >= 15 is 0 Å². The molecule has 5 aromatic carbocycles. The standard InChI is InChI=1S/C31H26OP2/c1-32-28-21-11-12-22-29(28)34(27-19-9-4-10-20-27)31-24-14-13-23-30(31)33(25-15-5-2-6-16-25)26-17-7-3-8-18-26/h2-24H,1H3. The van der Waals surface area contributed by atoms with Crippen molar-refractivity contribution in [3.63, 3.8) is 0 Å². The lowest BCUT2D eigenvalue weighted by atomic mass is 10.3. The lowest BCUT2D eigenvalue weighted by molar-refractivity contribution is 0.418. The summed E-state index contributed by atoms with van der Waals surface area (Å²) in [6.45, 7) is 0. The molecule has 1 nitrogen and oxygen atoms in total. The second-order valence-corrected chi connectivity index (χ2v) is 12.2. The molecule has 34 heavy (non-hydrogen) atoms. The summed E-state index contributed by atoms with van der Waals surface area (Å²) in [6, 6.07) is 50.2. The molecule has 5 aromatic rings. The number of rotatable bonds is 7. The molecule has 0 heterocycles. The van der Waals surface area contributed by atoms with Crippen LogP contribution in [0.15, 0.2) is 140 Å². The Balaban J connectivity index is 1.77. The highest BCUT2D eigenvalue weighted by atomic mass is 31.1. The van der Waals surface area contributed by atoms with Gasteiger partial charge >= 0.3 is 0 Å². The van der Waals surface area contributed by atoms with Crippen LogP contribution in [0.5, 0.6) is 5.75 Å². The van der Waals surface area contributed by atoms with Crippen molar-refractivity contribution in [2.45, 2.75) is 0 Å². The third-order valence-corrected chi connectivity index (χ3v) is 10.9. The maximum Gasteiger partial charge on any atom is 0.127 e. The van der Waals surface area contributed by atoms with Crippen molar-refractivity contribution in [2.24, 2.45) is 0 Å². The predicted molar refractivity (Wildman–Crippen MR) is 150 cm³/mol. The highest BCUT2D eigenvalue weighted by Crippen LogP contribution is 2.40. The molecule has 0 aromatic heterocycles. The molecule has 0 saturated carbocycles. The van der Waals surface area contributed by atoms with Crippen molar-refractivity contribution < 1.29 is 4.74 Å². The molecule has 0 spiro atoms. The van der Waals surface area contributed by atoms with Crippen molar-refractivity contribution in [1.29, 1.82) is 0 Å². The maximum absolute atomic E-state index is 5.86. The third kappa shape index (κ3) is 4.69. The van der Waals surface area contributed by atoms with E-state index < -0.39 is 15.8 Å². The van der Waals surface area contributed by atoms with Crippen LogP contribution in [0.4, 0.5) is 0 Å². The molecule has 1 atom stereocenters. The molecule has 0 radical (unpaired) electrons. The van der Waals surface area contributed by atoms with E-state index in [0.29, 0.717) is 0 Å². The van der Waals surface area contributed by atoms with Crippen LogP contribution in [0.25, 0.3) is 0 Å². The molecule has 1 unspecified atom stereocenters. The van der Waals surface area contributed by atoms with Crippen molar-refractivity contribution in [3.05, 3.63) is 140 Å². The minimum absolute atomic E-state index is 0.718. The Morgan fingerprint density at radius 3 is 1.21 bits per heavy atom. The van der Waals surface area contributed by atoms with E-state index in [1.54, 1.807) is 7.11 Å². The molecule has 5 rings (SSSR count). The van der Waals surface area contributed by atoms with E-state index in [1.165, 1.54) is 31.8 Å². The lowest BCUT2D eigenvalue weighted by Crippen LogP contribution is -2.34. The van der Waals surface area contributed by atoms with Crippen LogP contribution >= 0.6 is 15.8 Å². The summed E-state index contributed by atoms with van der Waals surface area (Å²) in [5.74, 6) is 0.941. The van der Waals surface area contributed by atoms with Gasteiger partial charge in [0, 0.05) is 5.30 Å². The molecule has 3 heteroatoms. The second kappa shape index (κ2) is 10.8. The van der Waals surface area contributed by atoms with Gasteiger partial charge < -0.3 is 4.74 Å². The van der Waals surface area contributed by atoms with Gasteiger partial charge in [0.05, 0.1) is 7.11 Å². The quantitative estimate of drug-likeness (QED) is 0.293. The predicted octanol–water partition coefficient (Wildman–Crippen LogP) is 5.21. The topological polar surface area (TPSA) is 9.23 Å². The summed E-state index contributed by atoms with van der Waals surface area (Å²) in [4.78, 5) is 0. The molecule has 0 aliphatic carbocycles. The molecule has 0 fully saturated rings. The molecular formula is C31H26OP2. The van der Waals surface area contributed by atoms with Gasteiger partial charge in [0.2, 0.25) is 0 Å². The van der Waals surface area contributed by atoms with Crippen LogP contribution in [-0.2, 0) is 0 Å². The first-order valence-electron chi connectivity index (χ1n) is 11.3. The van der Waals surface area contributed by atoms with Crippen molar-refractivity contribution in [3.8, 4) is 5.75 Å². The summed E-state index contributed by atoms with van der Waals surface area (Å²) < 4.78 is 5.86. The maximum atomic E-state index is 5.86. The van der Waals surface area contributed by atoms with Crippen LogP contribution in [0.3, 0.4) is 0 Å². The Morgan fingerprint density at radius 2 is 0.735 bits per heavy atom. The van der Waals surface area contributed by atoms with E-state index in [9.17, 15) is 0 Å². The fraction of sp³-hybridized carbons (Fsp3) is 0.0323. The molecule has 0 saturated heterocycles. The van der Waals surface area contributed by atoms with Crippen LogP contribution in [0.2, 0.25) is 0 Å². The Hall–Kier alpha value is -3.24. The minimum atomic E-state index is -0.815. The van der Waals surface area contributed by atoms with E-state index in [2.05, 4.69) is 133 Å². The summed E-state index contributed by atoms with van der Waals surface area (Å²) in [5.41, 5.74) is 0. The molecule has 0 N–H and O–H groups in total. The van der Waals surface area contributed by atoms with Gasteiger partial charge in [0.15, 0.2) is 0 Å². The summed E-state index contributed by atoms with van der Waals surface area (Å²) in [6.07, 6.45) is 0. The molecule has 0 aliphatic heterocycles. The van der Waals surface area contributed by atoms with Gasteiger partial charge in [-0.05, 0) is 48.4 Å². The van der Waals surface area contributed by atoms with Crippen LogP contribution in [0, 0.1) is 0 Å².